The first-order valence-corrected chi connectivity index (χ1v) is 5.16. The highest BCUT2D eigenvalue weighted by Crippen LogP contribution is 2.09. The van der Waals surface area contributed by atoms with Crippen LogP contribution in [0.3, 0.4) is 0 Å². The molecule has 1 rings (SSSR count). The Morgan fingerprint density at radius 1 is 1.62 bits per heavy atom. The molecule has 92 valence electrons. The fraction of sp³-hybridized carbons (Fsp3) is 0.800. The predicted molar refractivity (Wildman–Crippen MR) is 58.5 cm³/mol. The van der Waals surface area contributed by atoms with E-state index in [4.69, 9.17) is 15.2 Å². The Hall–Kier alpha value is -1.16. The minimum Gasteiger partial charge on any atom is -0.479 e. The van der Waals surface area contributed by atoms with Crippen LogP contribution in [-0.2, 0) is 9.63 Å². The third kappa shape index (κ3) is 5.07. The Balaban J connectivity index is 0.00000106. The number of hydrogen-bond donors (Lipinski definition) is 3. The topological polar surface area (TPSA) is 94.4 Å². The summed E-state index contributed by atoms with van der Waals surface area (Å²) in [5.41, 5.74) is 1.63. The minimum absolute atomic E-state index is 0.211. The van der Waals surface area contributed by atoms with Crippen LogP contribution in [0.5, 0.6) is 0 Å². The number of hydroxylamine groups is 1. The van der Waals surface area contributed by atoms with Crippen molar-refractivity contribution in [1.82, 2.24) is 10.8 Å². The average molecular weight is 229 g/mol. The van der Waals surface area contributed by atoms with Gasteiger partial charge in [0.1, 0.15) is 0 Å². The van der Waals surface area contributed by atoms with Gasteiger partial charge in [-0.1, -0.05) is 0 Å². The summed E-state index contributed by atoms with van der Waals surface area (Å²) < 4.78 is 0. The molecule has 1 heterocycles. The highest BCUT2D eigenvalue weighted by Gasteiger charge is 2.29. The summed E-state index contributed by atoms with van der Waals surface area (Å²) in [6.07, 6.45) is 2.11. The van der Waals surface area contributed by atoms with Crippen molar-refractivity contribution in [2.75, 3.05) is 13.1 Å². The van der Waals surface area contributed by atoms with Gasteiger partial charge in [-0.25, -0.2) is 10.1 Å². The van der Waals surface area contributed by atoms with E-state index in [-0.39, 0.29) is 6.04 Å². The molecule has 1 aliphatic rings. The summed E-state index contributed by atoms with van der Waals surface area (Å²) in [7, 11) is 0. The first-order chi connectivity index (χ1) is 7.52. The molecule has 0 bridgehead atoms. The summed E-state index contributed by atoms with van der Waals surface area (Å²) in [5, 5.41) is 18.5. The van der Waals surface area contributed by atoms with Gasteiger partial charge in [-0.05, 0) is 33.2 Å². The van der Waals surface area contributed by atoms with Crippen LogP contribution in [0.2, 0.25) is 0 Å². The largest absolute Gasteiger partial charge is 0.479 e. The van der Waals surface area contributed by atoms with Crippen LogP contribution in [0.25, 0.3) is 0 Å². The SMILES string of the molecule is C#N.CC(C)(ONC1CCCNC1)C(=O)O. The van der Waals surface area contributed by atoms with E-state index < -0.39 is 11.6 Å². The van der Waals surface area contributed by atoms with Crippen molar-refractivity contribution in [3.05, 3.63) is 0 Å². The van der Waals surface area contributed by atoms with E-state index in [1.54, 1.807) is 0 Å². The predicted octanol–water partition coefficient (Wildman–Crippen LogP) is 0.263. The highest BCUT2D eigenvalue weighted by atomic mass is 16.7. The number of nitrogens with zero attached hydrogens (tertiary/aromatic N) is 1. The number of aliphatic carboxylic acids is 1. The van der Waals surface area contributed by atoms with Crippen LogP contribution in [0.4, 0.5) is 0 Å². The lowest BCUT2D eigenvalue weighted by Gasteiger charge is -2.27. The van der Waals surface area contributed by atoms with Gasteiger partial charge in [-0.3, -0.25) is 4.84 Å². The Bertz CT molecular complexity index is 235. The molecule has 0 aromatic heterocycles. The molecular weight excluding hydrogens is 210 g/mol. The second-order valence-corrected chi connectivity index (χ2v) is 4.08. The third-order valence-corrected chi connectivity index (χ3v) is 2.29. The fourth-order valence-corrected chi connectivity index (χ4v) is 1.23. The number of carbonyl (C=O) groups is 1. The quantitative estimate of drug-likeness (QED) is 0.599. The van der Waals surface area contributed by atoms with Gasteiger partial charge in [-0.2, -0.15) is 5.48 Å². The molecule has 1 atom stereocenters. The van der Waals surface area contributed by atoms with Crippen molar-refractivity contribution < 1.29 is 14.7 Å². The van der Waals surface area contributed by atoms with Crippen LogP contribution >= 0.6 is 0 Å². The van der Waals surface area contributed by atoms with Crippen molar-refractivity contribution in [3.8, 4) is 6.57 Å². The Morgan fingerprint density at radius 2 is 2.25 bits per heavy atom. The molecule has 1 saturated heterocycles. The molecule has 6 heteroatoms. The normalized spacial score (nSPS) is 20.6. The van der Waals surface area contributed by atoms with Crippen molar-refractivity contribution in [2.24, 2.45) is 0 Å². The van der Waals surface area contributed by atoms with Crippen LogP contribution in [0, 0.1) is 11.8 Å². The van der Waals surface area contributed by atoms with Gasteiger partial charge in [0.05, 0.1) is 0 Å². The van der Waals surface area contributed by atoms with Crippen LogP contribution < -0.4 is 10.8 Å². The zero-order valence-corrected chi connectivity index (χ0v) is 9.69. The van der Waals surface area contributed by atoms with Crippen LogP contribution in [0.15, 0.2) is 0 Å². The standard InChI is InChI=1S/C9H18N2O3.CHN/c1-9(2,8(12)13)14-11-7-4-3-5-10-6-7;1-2/h7,10-11H,3-6H2,1-2H3,(H,12,13);1H. The van der Waals surface area contributed by atoms with Gasteiger partial charge >= 0.3 is 5.97 Å². The van der Waals surface area contributed by atoms with Gasteiger partial charge in [0, 0.05) is 19.2 Å². The molecule has 0 radical (unpaired) electrons. The van der Waals surface area contributed by atoms with Crippen LogP contribution in [0.1, 0.15) is 26.7 Å². The molecule has 0 spiro atoms. The molecule has 3 N–H and O–H groups in total. The second kappa shape index (κ2) is 7.17. The molecule has 6 nitrogen and oxygen atoms in total. The van der Waals surface area contributed by atoms with Gasteiger partial charge in [0.15, 0.2) is 5.60 Å². The van der Waals surface area contributed by atoms with E-state index in [0.29, 0.717) is 0 Å². The van der Waals surface area contributed by atoms with Gasteiger partial charge in [0.25, 0.3) is 0 Å². The highest BCUT2D eigenvalue weighted by molar-refractivity contribution is 5.76. The summed E-state index contributed by atoms with van der Waals surface area (Å²) in [6.45, 7) is 8.41. The van der Waals surface area contributed by atoms with E-state index in [1.165, 1.54) is 13.8 Å². The molecule has 0 aliphatic carbocycles. The fourth-order valence-electron chi connectivity index (χ4n) is 1.23. The number of carboxylic acid groups (broad SMARTS) is 1. The maximum absolute atomic E-state index is 10.7. The maximum Gasteiger partial charge on any atom is 0.337 e. The van der Waals surface area contributed by atoms with Gasteiger partial charge in [-0.15, -0.1) is 0 Å². The number of nitriles is 1. The number of rotatable bonds is 4. The van der Waals surface area contributed by atoms with E-state index in [0.717, 1.165) is 25.9 Å². The van der Waals surface area contributed by atoms with E-state index in [9.17, 15) is 4.79 Å². The number of carboxylic acids is 1. The zero-order chi connectivity index (χ0) is 12.6. The van der Waals surface area contributed by atoms with Crippen LogP contribution in [-0.4, -0.2) is 35.8 Å². The third-order valence-electron chi connectivity index (χ3n) is 2.29. The molecule has 1 fully saturated rings. The minimum atomic E-state index is -1.17. The van der Waals surface area contributed by atoms with E-state index in [1.807, 2.05) is 0 Å². The molecule has 0 aromatic carbocycles. The number of hydrogen-bond acceptors (Lipinski definition) is 5. The summed E-state index contributed by atoms with van der Waals surface area (Å²) >= 11 is 0. The summed E-state index contributed by atoms with van der Waals surface area (Å²) in [4.78, 5) is 15.9. The summed E-state index contributed by atoms with van der Waals surface area (Å²) in [5.74, 6) is -0.964. The van der Waals surface area contributed by atoms with Crippen molar-refractivity contribution >= 4 is 5.97 Å². The lowest BCUT2D eigenvalue weighted by Crippen LogP contribution is -2.48. The Kier molecular flexibility index (Phi) is 6.65. The second-order valence-electron chi connectivity index (χ2n) is 4.08. The van der Waals surface area contributed by atoms with Gasteiger partial charge in [0.2, 0.25) is 0 Å². The molecule has 1 aliphatic heterocycles. The molecule has 1 unspecified atom stereocenters. The maximum atomic E-state index is 10.7. The lowest BCUT2D eigenvalue weighted by atomic mass is 10.1. The monoisotopic (exact) mass is 229 g/mol. The first-order valence-electron chi connectivity index (χ1n) is 5.16. The smallest absolute Gasteiger partial charge is 0.337 e. The molecule has 0 saturated carbocycles. The zero-order valence-electron chi connectivity index (χ0n) is 9.69. The van der Waals surface area contributed by atoms with Crippen molar-refractivity contribution in [3.63, 3.8) is 0 Å². The number of piperidine rings is 1. The van der Waals surface area contributed by atoms with Crippen molar-refractivity contribution in [2.45, 2.75) is 38.3 Å². The molecule has 0 amide bonds. The Labute approximate surface area is 95.5 Å². The van der Waals surface area contributed by atoms with E-state index in [2.05, 4.69) is 17.4 Å². The Morgan fingerprint density at radius 3 is 2.69 bits per heavy atom. The molecule has 16 heavy (non-hydrogen) atoms. The average Bonchev–Trinajstić information content (AvgIpc) is 2.30. The summed E-state index contributed by atoms with van der Waals surface area (Å²) in [6, 6.07) is 0.211. The van der Waals surface area contributed by atoms with Gasteiger partial charge < -0.3 is 10.4 Å². The first kappa shape index (κ1) is 14.8. The number of nitrogens with one attached hydrogen (secondary N) is 2. The van der Waals surface area contributed by atoms with E-state index >= 15 is 0 Å². The van der Waals surface area contributed by atoms with Crippen molar-refractivity contribution in [1.29, 1.82) is 5.26 Å². The lowest BCUT2D eigenvalue weighted by molar-refractivity contribution is -0.174. The molecular formula is C10H19N3O3. The molecule has 0 aromatic rings.